The van der Waals surface area contributed by atoms with Gasteiger partial charge in [0.25, 0.3) is 5.91 Å². The number of carbonyl (C=O) groups is 2. The fourth-order valence-corrected chi connectivity index (χ4v) is 2.75. The van der Waals surface area contributed by atoms with Crippen molar-refractivity contribution in [2.45, 2.75) is 0 Å². The molecule has 1 saturated heterocycles. The van der Waals surface area contributed by atoms with Gasteiger partial charge < -0.3 is 18.9 Å². The molecular formula is C15H13N3O6S. The number of hydrogen-bond acceptors (Lipinski definition) is 9. The van der Waals surface area contributed by atoms with E-state index in [1.165, 1.54) is 20.4 Å². The zero-order chi connectivity index (χ0) is 17.8. The molecule has 1 amide bonds. The van der Waals surface area contributed by atoms with Crippen LogP contribution in [0.4, 0.5) is 0 Å². The van der Waals surface area contributed by atoms with Crippen molar-refractivity contribution in [3.8, 4) is 17.2 Å². The number of thioether (sulfide) groups is 1. The minimum atomic E-state index is -0.616. The van der Waals surface area contributed by atoms with Gasteiger partial charge in [0, 0.05) is 11.6 Å². The average molecular weight is 363 g/mol. The smallest absolute Gasteiger partial charge is 0.331 e. The average Bonchev–Trinajstić information content (AvgIpc) is 3.21. The minimum absolute atomic E-state index is 0.132. The molecular weight excluding hydrogens is 350 g/mol. The highest BCUT2D eigenvalue weighted by atomic mass is 32.2. The molecule has 1 N–H and O–H groups in total. The van der Waals surface area contributed by atoms with Crippen molar-refractivity contribution in [3.05, 3.63) is 28.7 Å². The number of nitrogens with one attached hydrogen (secondary N) is 1. The number of rotatable bonds is 4. The van der Waals surface area contributed by atoms with Crippen LogP contribution < -0.4 is 19.5 Å². The lowest BCUT2D eigenvalue weighted by Crippen LogP contribution is -2.19. The summed E-state index contributed by atoms with van der Waals surface area (Å²) in [6.45, 7) is 0.132. The summed E-state index contributed by atoms with van der Waals surface area (Å²) in [5.74, 6) is 0.572. The van der Waals surface area contributed by atoms with Gasteiger partial charge in [0.1, 0.15) is 0 Å². The van der Waals surface area contributed by atoms with E-state index in [4.69, 9.17) is 14.2 Å². The number of benzene rings is 1. The van der Waals surface area contributed by atoms with Gasteiger partial charge in [-0.25, -0.2) is 4.79 Å². The predicted molar refractivity (Wildman–Crippen MR) is 90.0 cm³/mol. The first-order chi connectivity index (χ1) is 12.1. The van der Waals surface area contributed by atoms with E-state index in [9.17, 15) is 9.59 Å². The Morgan fingerprint density at radius 2 is 2.20 bits per heavy atom. The topological polar surface area (TPSA) is 108 Å². The number of esters is 1. The molecule has 1 aromatic rings. The lowest BCUT2D eigenvalue weighted by molar-refractivity contribution is -0.135. The molecule has 2 aliphatic rings. The van der Waals surface area contributed by atoms with Crippen molar-refractivity contribution < 1.29 is 28.5 Å². The third-order valence-corrected chi connectivity index (χ3v) is 4.04. The van der Waals surface area contributed by atoms with Crippen LogP contribution >= 0.6 is 11.8 Å². The summed E-state index contributed by atoms with van der Waals surface area (Å²) >= 11 is 0.992. The molecule has 0 aliphatic carbocycles. The number of ether oxygens (including phenoxy) is 4. The van der Waals surface area contributed by atoms with Crippen LogP contribution in [-0.4, -0.2) is 44.3 Å². The number of carbonyl (C=O) groups excluding carboxylic acids is 2. The molecule has 0 aromatic heterocycles. The minimum Gasteiger partial charge on any atom is -0.493 e. The Morgan fingerprint density at radius 1 is 1.36 bits per heavy atom. The van der Waals surface area contributed by atoms with Crippen LogP contribution in [0.3, 0.4) is 0 Å². The number of fused-ring (bicyclic) bond motifs is 1. The molecule has 2 aliphatic heterocycles. The van der Waals surface area contributed by atoms with E-state index in [1.807, 2.05) is 0 Å². The number of hydrogen-bond donors (Lipinski definition) is 1. The van der Waals surface area contributed by atoms with Crippen LogP contribution in [0.5, 0.6) is 17.2 Å². The second-order valence-corrected chi connectivity index (χ2v) is 5.73. The number of methoxy groups -OCH3 is 2. The maximum atomic E-state index is 11.7. The van der Waals surface area contributed by atoms with Crippen molar-refractivity contribution in [2.24, 2.45) is 10.2 Å². The fraction of sp³-hybridized carbons (Fsp3) is 0.200. The Kier molecular flexibility index (Phi) is 4.89. The van der Waals surface area contributed by atoms with E-state index in [0.717, 1.165) is 17.8 Å². The first-order valence-corrected chi connectivity index (χ1v) is 7.80. The normalized spacial score (nSPS) is 18.9. The quantitative estimate of drug-likeness (QED) is 0.368. The van der Waals surface area contributed by atoms with Crippen LogP contribution in [0.15, 0.2) is 33.3 Å². The number of amides is 1. The van der Waals surface area contributed by atoms with Crippen LogP contribution in [-0.2, 0) is 14.3 Å². The predicted octanol–water partition coefficient (Wildman–Crippen LogP) is 1.03. The molecule has 0 spiro atoms. The summed E-state index contributed by atoms with van der Waals surface area (Å²) in [4.78, 5) is 23.1. The summed E-state index contributed by atoms with van der Waals surface area (Å²) < 4.78 is 20.4. The van der Waals surface area contributed by atoms with Gasteiger partial charge in [-0.3, -0.25) is 10.1 Å². The SMILES string of the molecule is COC(=O)/C=C1/S/C(=N\N=Cc2cc(OC)c3c(c2)OCO3)NC1=O. The van der Waals surface area contributed by atoms with Crippen LogP contribution in [0.25, 0.3) is 0 Å². The van der Waals surface area contributed by atoms with E-state index in [-0.39, 0.29) is 16.9 Å². The van der Waals surface area contributed by atoms with E-state index in [1.54, 1.807) is 12.1 Å². The summed E-state index contributed by atoms with van der Waals surface area (Å²) in [6, 6.07) is 3.46. The van der Waals surface area contributed by atoms with E-state index < -0.39 is 11.9 Å². The molecule has 9 nitrogen and oxygen atoms in total. The Balaban J connectivity index is 1.73. The summed E-state index contributed by atoms with van der Waals surface area (Å²) in [7, 11) is 2.76. The molecule has 130 valence electrons. The second kappa shape index (κ2) is 7.26. The van der Waals surface area contributed by atoms with Crippen molar-refractivity contribution in [2.75, 3.05) is 21.0 Å². The third kappa shape index (κ3) is 3.74. The highest BCUT2D eigenvalue weighted by Gasteiger charge is 2.25. The molecule has 1 aromatic carbocycles. The van der Waals surface area contributed by atoms with Crippen LogP contribution in [0.2, 0.25) is 0 Å². The van der Waals surface area contributed by atoms with Gasteiger partial charge in [0.15, 0.2) is 16.7 Å². The summed E-state index contributed by atoms with van der Waals surface area (Å²) in [6.07, 6.45) is 2.57. The summed E-state index contributed by atoms with van der Waals surface area (Å²) in [5.41, 5.74) is 0.685. The molecule has 10 heteroatoms. The van der Waals surface area contributed by atoms with Crippen LogP contribution in [0.1, 0.15) is 5.56 Å². The van der Waals surface area contributed by atoms with E-state index >= 15 is 0 Å². The molecule has 2 heterocycles. The molecule has 25 heavy (non-hydrogen) atoms. The van der Waals surface area contributed by atoms with Gasteiger partial charge in [-0.15, -0.1) is 5.10 Å². The maximum absolute atomic E-state index is 11.7. The Morgan fingerprint density at radius 3 is 2.96 bits per heavy atom. The van der Waals surface area contributed by atoms with Gasteiger partial charge in [-0.05, 0) is 23.9 Å². The first-order valence-electron chi connectivity index (χ1n) is 6.98. The third-order valence-electron chi connectivity index (χ3n) is 3.14. The highest BCUT2D eigenvalue weighted by Crippen LogP contribution is 2.41. The molecule has 0 bridgehead atoms. The second-order valence-electron chi connectivity index (χ2n) is 4.69. The Hall–Kier alpha value is -3.01. The van der Waals surface area contributed by atoms with E-state index in [2.05, 4.69) is 20.3 Å². The number of nitrogens with zero attached hydrogens (tertiary/aromatic N) is 2. The number of amidine groups is 1. The van der Waals surface area contributed by atoms with E-state index in [0.29, 0.717) is 22.8 Å². The summed E-state index contributed by atoms with van der Waals surface area (Å²) in [5, 5.41) is 10.6. The van der Waals surface area contributed by atoms with Crippen molar-refractivity contribution in [1.82, 2.24) is 5.32 Å². The zero-order valence-electron chi connectivity index (χ0n) is 13.3. The van der Waals surface area contributed by atoms with Gasteiger partial charge >= 0.3 is 5.97 Å². The molecule has 0 atom stereocenters. The van der Waals surface area contributed by atoms with Gasteiger partial charge in [-0.2, -0.15) is 5.10 Å². The molecule has 0 unspecified atom stereocenters. The van der Waals surface area contributed by atoms with Crippen molar-refractivity contribution in [1.29, 1.82) is 0 Å². The molecule has 0 saturated carbocycles. The van der Waals surface area contributed by atoms with Crippen molar-refractivity contribution in [3.63, 3.8) is 0 Å². The lowest BCUT2D eigenvalue weighted by atomic mass is 10.2. The van der Waals surface area contributed by atoms with Crippen molar-refractivity contribution >= 4 is 35.0 Å². The zero-order valence-corrected chi connectivity index (χ0v) is 14.1. The fourth-order valence-electron chi connectivity index (χ4n) is 2.01. The monoisotopic (exact) mass is 363 g/mol. The largest absolute Gasteiger partial charge is 0.493 e. The Bertz CT molecular complexity index is 818. The Labute approximate surface area is 146 Å². The molecule has 3 rings (SSSR count). The molecule has 1 fully saturated rings. The van der Waals surface area contributed by atoms with Gasteiger partial charge in [-0.1, -0.05) is 0 Å². The highest BCUT2D eigenvalue weighted by molar-refractivity contribution is 8.18. The standard InChI is InChI=1S/C15H13N3O6S/c1-21-9-3-8(4-10-13(9)24-7-23-10)6-16-18-15-17-14(20)11(25-15)5-12(19)22-2/h3-6H,7H2,1-2H3,(H,17,18,20)/b11-5+,16-6?. The maximum Gasteiger partial charge on any atom is 0.331 e. The van der Waals surface area contributed by atoms with Crippen LogP contribution in [0, 0.1) is 0 Å². The lowest BCUT2D eigenvalue weighted by Gasteiger charge is -2.05. The first kappa shape index (κ1) is 16.8. The van der Waals surface area contributed by atoms with Gasteiger partial charge in [0.05, 0.1) is 25.3 Å². The van der Waals surface area contributed by atoms with Gasteiger partial charge in [0.2, 0.25) is 12.5 Å². The molecule has 0 radical (unpaired) electrons.